The van der Waals surface area contributed by atoms with Gasteiger partial charge in [0.1, 0.15) is 28.6 Å². The van der Waals surface area contributed by atoms with E-state index in [4.69, 9.17) is 14.2 Å². The fourth-order valence-electron chi connectivity index (χ4n) is 6.42. The van der Waals surface area contributed by atoms with Gasteiger partial charge in [-0.05, 0) is 104 Å². The van der Waals surface area contributed by atoms with Crippen molar-refractivity contribution in [1.82, 2.24) is 0 Å². The van der Waals surface area contributed by atoms with Gasteiger partial charge < -0.3 is 14.2 Å². The van der Waals surface area contributed by atoms with E-state index in [0.29, 0.717) is 5.75 Å². The van der Waals surface area contributed by atoms with E-state index in [-0.39, 0.29) is 28.9 Å². The molecule has 0 aliphatic carbocycles. The summed E-state index contributed by atoms with van der Waals surface area (Å²) >= 11 is 0. The summed E-state index contributed by atoms with van der Waals surface area (Å²) in [6, 6.07) is 18.0. The first-order valence-corrected chi connectivity index (χ1v) is 19.2. The Morgan fingerprint density at radius 1 is 0.597 bits per heavy atom. The third-order valence-corrected chi connectivity index (χ3v) is 9.84. The highest BCUT2D eigenvalue weighted by Crippen LogP contribution is 2.38. The second-order valence-electron chi connectivity index (χ2n) is 16.1. The zero-order valence-electron chi connectivity index (χ0n) is 35.0. The molecule has 5 nitrogen and oxygen atoms in total. The third kappa shape index (κ3) is 9.51. The van der Waals surface area contributed by atoms with Crippen LogP contribution in [0.4, 0.5) is 35.1 Å². The van der Waals surface area contributed by atoms with Gasteiger partial charge in [-0.15, -0.1) is 0 Å². The molecule has 0 N–H and O–H groups in total. The van der Waals surface area contributed by atoms with Crippen LogP contribution in [0.5, 0.6) is 23.0 Å². The number of ether oxygens (including phenoxy) is 3. The molecule has 324 valence electrons. The van der Waals surface area contributed by atoms with E-state index in [1.165, 1.54) is 45.0 Å². The Bertz CT molecular complexity index is 2540. The smallest absolute Gasteiger partial charge is 0.205 e. The Morgan fingerprint density at radius 3 is 1.50 bits per heavy atom. The Morgan fingerprint density at radius 2 is 1.05 bits per heavy atom. The zero-order chi connectivity index (χ0) is 46.0. The van der Waals surface area contributed by atoms with Gasteiger partial charge in [-0.3, -0.25) is 9.59 Å². The van der Waals surface area contributed by atoms with Crippen molar-refractivity contribution in [3.05, 3.63) is 189 Å². The van der Waals surface area contributed by atoms with E-state index < -0.39 is 96.9 Å². The summed E-state index contributed by atoms with van der Waals surface area (Å²) < 4.78 is 137. The minimum absolute atomic E-state index is 0.00200. The molecular formula is C49H42F8O5. The molecule has 0 aromatic heterocycles. The van der Waals surface area contributed by atoms with E-state index in [0.717, 1.165) is 48.4 Å². The second-order valence-corrected chi connectivity index (χ2v) is 16.1. The van der Waals surface area contributed by atoms with Crippen LogP contribution >= 0.6 is 0 Å². The fourth-order valence-corrected chi connectivity index (χ4v) is 6.42. The van der Waals surface area contributed by atoms with Crippen molar-refractivity contribution < 1.29 is 58.9 Å². The maximum Gasteiger partial charge on any atom is 0.205 e. The molecule has 0 aliphatic rings. The molecule has 5 rings (SSSR count). The number of carbonyl (C=O) groups is 2. The van der Waals surface area contributed by atoms with Gasteiger partial charge in [0.15, 0.2) is 46.5 Å². The molecule has 5 aromatic carbocycles. The molecule has 0 unspecified atom stereocenters. The molecule has 13 heteroatoms. The lowest BCUT2D eigenvalue weighted by Gasteiger charge is -2.26. The minimum atomic E-state index is -1.99. The topological polar surface area (TPSA) is 61.8 Å². The molecule has 0 spiro atoms. The molecule has 0 fully saturated rings. The number of carbonyl (C=O) groups excluding carboxylic acids is 2. The summed E-state index contributed by atoms with van der Waals surface area (Å²) in [5.41, 5.74) is -4.65. The molecule has 0 radical (unpaired) electrons. The molecular weight excluding hydrogens is 821 g/mol. The van der Waals surface area contributed by atoms with Crippen molar-refractivity contribution in [3.8, 4) is 23.0 Å². The SMILES string of the molecule is C=C/C(=C\C=C(/C)C(=O)c1c(F)c(F)c(C(C)(C)C)c(F)c1F)Oc1ccc(C(=O)c2c(F)c(F)c(Oc3ccc(C(C)(C)c4ccc(OC(C)C)cc4)cc3)c(F)c2F)cc1. The van der Waals surface area contributed by atoms with Gasteiger partial charge in [0.2, 0.25) is 17.4 Å². The van der Waals surface area contributed by atoms with Crippen molar-refractivity contribution in [1.29, 1.82) is 0 Å². The summed E-state index contributed by atoms with van der Waals surface area (Å²) in [4.78, 5) is 26.1. The van der Waals surface area contributed by atoms with Crippen LogP contribution in [-0.4, -0.2) is 17.7 Å². The van der Waals surface area contributed by atoms with Crippen LogP contribution in [0.2, 0.25) is 0 Å². The summed E-state index contributed by atoms with van der Waals surface area (Å²) in [6.07, 6.45) is 3.35. The number of ketones is 2. The molecule has 0 saturated heterocycles. The van der Waals surface area contributed by atoms with Crippen molar-refractivity contribution in [3.63, 3.8) is 0 Å². The lowest BCUT2D eigenvalue weighted by atomic mass is 9.78. The van der Waals surface area contributed by atoms with Crippen molar-refractivity contribution >= 4 is 11.6 Å². The highest BCUT2D eigenvalue weighted by atomic mass is 19.2. The first-order chi connectivity index (χ1) is 29.0. The standard InChI is InChI=1S/C49H42F8O5/c1-10-30(18-11-26(4)45(58)34-37(50)41(54)36(48(5,6)7)42(55)38(34)51)61-32-19-12-27(13-20-32)46(59)35-39(52)43(56)47(44(57)40(35)53)62-33-23-16-29(17-24-33)49(8,9)28-14-21-31(22-15-28)60-25(2)3/h10-25H,1H2,2-9H3/b26-11+,30-18+. The van der Waals surface area contributed by atoms with Gasteiger partial charge in [-0.25, -0.2) is 26.3 Å². The number of hydrogen-bond donors (Lipinski definition) is 0. The lowest BCUT2D eigenvalue weighted by Crippen LogP contribution is -2.22. The maximum atomic E-state index is 15.4. The average Bonchev–Trinajstić information content (AvgIpc) is 3.22. The highest BCUT2D eigenvalue weighted by Gasteiger charge is 2.35. The quantitative estimate of drug-likeness (QED) is 0.0278. The first-order valence-electron chi connectivity index (χ1n) is 19.2. The number of benzene rings is 5. The van der Waals surface area contributed by atoms with Gasteiger partial charge in [0.05, 0.1) is 11.7 Å². The van der Waals surface area contributed by atoms with Crippen molar-refractivity contribution in [2.24, 2.45) is 0 Å². The van der Waals surface area contributed by atoms with Gasteiger partial charge in [-0.2, -0.15) is 8.78 Å². The van der Waals surface area contributed by atoms with Gasteiger partial charge >= 0.3 is 0 Å². The van der Waals surface area contributed by atoms with Crippen molar-refractivity contribution in [2.75, 3.05) is 0 Å². The summed E-state index contributed by atoms with van der Waals surface area (Å²) in [5, 5.41) is 0. The van der Waals surface area contributed by atoms with Crippen LogP contribution in [0.3, 0.4) is 0 Å². The molecule has 62 heavy (non-hydrogen) atoms. The lowest BCUT2D eigenvalue weighted by molar-refractivity contribution is 0.101. The van der Waals surface area contributed by atoms with E-state index in [1.54, 1.807) is 12.1 Å². The molecule has 0 bridgehead atoms. The predicted octanol–water partition coefficient (Wildman–Crippen LogP) is 13.5. The maximum absolute atomic E-state index is 15.4. The van der Waals surface area contributed by atoms with Crippen LogP contribution in [0.1, 0.15) is 98.4 Å². The van der Waals surface area contributed by atoms with E-state index in [9.17, 15) is 27.2 Å². The normalized spacial score (nSPS) is 12.4. The molecule has 0 amide bonds. The van der Waals surface area contributed by atoms with E-state index in [2.05, 4.69) is 6.58 Å². The summed E-state index contributed by atoms with van der Waals surface area (Å²) in [7, 11) is 0. The van der Waals surface area contributed by atoms with Crippen LogP contribution in [0.25, 0.3) is 0 Å². The Kier molecular flexibility index (Phi) is 13.7. The largest absolute Gasteiger partial charge is 0.491 e. The number of hydrogen-bond acceptors (Lipinski definition) is 5. The van der Waals surface area contributed by atoms with E-state index in [1.807, 2.05) is 52.0 Å². The number of halogens is 8. The monoisotopic (exact) mass is 862 g/mol. The molecule has 0 saturated carbocycles. The predicted molar refractivity (Wildman–Crippen MR) is 219 cm³/mol. The molecule has 0 aliphatic heterocycles. The van der Waals surface area contributed by atoms with Gasteiger partial charge in [0.25, 0.3) is 0 Å². The van der Waals surface area contributed by atoms with Gasteiger partial charge in [-0.1, -0.05) is 71.5 Å². The zero-order valence-corrected chi connectivity index (χ0v) is 35.0. The molecule has 0 heterocycles. The second kappa shape index (κ2) is 18.2. The van der Waals surface area contributed by atoms with E-state index >= 15 is 17.6 Å². The third-order valence-electron chi connectivity index (χ3n) is 9.84. The number of Topliss-reactive ketones (excluding diaryl/α,β-unsaturated/α-hetero) is 1. The van der Waals surface area contributed by atoms with Gasteiger partial charge in [0, 0.05) is 16.5 Å². The number of allylic oxidation sites excluding steroid dienone is 4. The van der Waals surface area contributed by atoms with Crippen LogP contribution in [-0.2, 0) is 10.8 Å². The summed E-state index contributed by atoms with van der Waals surface area (Å²) in [5.74, 6) is -18.6. The average molecular weight is 863 g/mol. The van der Waals surface area contributed by atoms with Crippen LogP contribution in [0, 0.1) is 46.5 Å². The van der Waals surface area contributed by atoms with Crippen molar-refractivity contribution in [2.45, 2.75) is 72.3 Å². The highest BCUT2D eigenvalue weighted by molar-refractivity contribution is 6.10. The summed E-state index contributed by atoms with van der Waals surface area (Å²) in [6.45, 7) is 16.5. The first kappa shape index (κ1) is 46.6. The Hall–Kier alpha value is -6.50. The minimum Gasteiger partial charge on any atom is -0.491 e. The Labute approximate surface area is 354 Å². The Balaban J connectivity index is 1.31. The molecule has 0 atom stereocenters. The number of rotatable bonds is 14. The fraction of sp³-hybridized carbons (Fsp3) is 0.224. The van der Waals surface area contributed by atoms with Crippen LogP contribution in [0.15, 0.2) is 109 Å². The van der Waals surface area contributed by atoms with Crippen LogP contribution < -0.4 is 14.2 Å². The molecule has 5 aromatic rings.